The molecule has 4 rings (SSSR count). The summed E-state index contributed by atoms with van der Waals surface area (Å²) in [6.45, 7) is 2.79. The molecular formula is C22H23N3O3. The third-order valence-electron chi connectivity index (χ3n) is 5.39. The Hall–Kier alpha value is -3.15. The predicted molar refractivity (Wildman–Crippen MR) is 108 cm³/mol. The second kappa shape index (κ2) is 7.46. The monoisotopic (exact) mass is 377 g/mol. The van der Waals surface area contributed by atoms with E-state index in [0.29, 0.717) is 27.9 Å². The van der Waals surface area contributed by atoms with Gasteiger partial charge in [0.25, 0.3) is 11.5 Å². The topological polar surface area (TPSA) is 64.4 Å². The molecular weight excluding hydrogens is 354 g/mol. The number of hydrogen-bond donors (Lipinski definition) is 0. The molecule has 0 saturated carbocycles. The third-order valence-corrected chi connectivity index (χ3v) is 5.39. The van der Waals surface area contributed by atoms with Crippen LogP contribution in [-0.2, 0) is 0 Å². The summed E-state index contributed by atoms with van der Waals surface area (Å²) in [5, 5.41) is 5.59. The first kappa shape index (κ1) is 18.2. The van der Waals surface area contributed by atoms with Crippen molar-refractivity contribution < 1.29 is 9.53 Å². The van der Waals surface area contributed by atoms with Gasteiger partial charge in [-0.3, -0.25) is 9.59 Å². The van der Waals surface area contributed by atoms with Gasteiger partial charge in [0, 0.05) is 18.0 Å². The van der Waals surface area contributed by atoms with Crippen LogP contribution in [0, 0.1) is 0 Å². The van der Waals surface area contributed by atoms with Crippen LogP contribution in [0.1, 0.15) is 36.7 Å². The zero-order valence-corrected chi connectivity index (χ0v) is 16.1. The number of ether oxygens (including phenoxy) is 1. The smallest absolute Gasteiger partial charge is 0.279 e. The van der Waals surface area contributed by atoms with E-state index in [0.717, 1.165) is 25.8 Å². The van der Waals surface area contributed by atoms with Crippen molar-refractivity contribution in [2.24, 2.45) is 0 Å². The lowest BCUT2D eigenvalue weighted by Crippen LogP contribution is -2.43. The number of hydrogen-bond acceptors (Lipinski definition) is 4. The highest BCUT2D eigenvalue weighted by molar-refractivity contribution is 6.05. The number of piperidine rings is 1. The molecule has 1 aromatic heterocycles. The molecule has 6 heteroatoms. The van der Waals surface area contributed by atoms with Gasteiger partial charge in [-0.2, -0.15) is 9.78 Å². The Morgan fingerprint density at radius 1 is 1.07 bits per heavy atom. The number of rotatable bonds is 3. The lowest BCUT2D eigenvalue weighted by atomic mass is 10.0. The maximum absolute atomic E-state index is 13.3. The molecule has 2 aromatic carbocycles. The summed E-state index contributed by atoms with van der Waals surface area (Å²) in [7, 11) is 1.59. The highest BCUT2D eigenvalue weighted by Gasteiger charge is 2.27. The Balaban J connectivity index is 1.89. The molecule has 0 aliphatic carbocycles. The maximum atomic E-state index is 13.3. The van der Waals surface area contributed by atoms with Gasteiger partial charge in [-0.15, -0.1) is 0 Å². The molecule has 28 heavy (non-hydrogen) atoms. The van der Waals surface area contributed by atoms with Gasteiger partial charge in [-0.25, -0.2) is 0 Å². The first-order valence-corrected chi connectivity index (χ1v) is 9.57. The number of fused-ring (bicyclic) bond motifs is 1. The Bertz CT molecular complexity index is 1070. The molecule has 1 aliphatic heterocycles. The number of amides is 1. The van der Waals surface area contributed by atoms with E-state index in [1.807, 2.05) is 11.0 Å². The normalized spacial score (nSPS) is 16.9. The predicted octanol–water partition coefficient (Wildman–Crippen LogP) is 3.41. The first-order valence-electron chi connectivity index (χ1n) is 9.57. The van der Waals surface area contributed by atoms with Gasteiger partial charge in [0.05, 0.1) is 18.2 Å². The molecule has 0 spiro atoms. The van der Waals surface area contributed by atoms with Crippen LogP contribution in [-0.4, -0.2) is 40.3 Å². The molecule has 1 amide bonds. The minimum absolute atomic E-state index is 0.120. The molecule has 0 radical (unpaired) electrons. The fraction of sp³-hybridized carbons (Fsp3) is 0.318. The summed E-state index contributed by atoms with van der Waals surface area (Å²) >= 11 is 0. The summed E-state index contributed by atoms with van der Waals surface area (Å²) in [5.41, 5.74) is 0.668. The van der Waals surface area contributed by atoms with E-state index in [9.17, 15) is 9.59 Å². The fourth-order valence-corrected chi connectivity index (χ4v) is 3.78. The van der Waals surface area contributed by atoms with Crippen LogP contribution in [0.2, 0.25) is 0 Å². The van der Waals surface area contributed by atoms with Crippen LogP contribution >= 0.6 is 0 Å². The van der Waals surface area contributed by atoms with Crippen LogP contribution in [0.25, 0.3) is 16.5 Å². The molecule has 144 valence electrons. The Labute approximate surface area is 163 Å². The average Bonchev–Trinajstić information content (AvgIpc) is 2.74. The molecule has 1 atom stereocenters. The van der Waals surface area contributed by atoms with Gasteiger partial charge >= 0.3 is 0 Å². The zero-order valence-electron chi connectivity index (χ0n) is 16.1. The minimum atomic E-state index is -0.246. The number of nitrogens with zero attached hydrogens (tertiary/aromatic N) is 3. The molecule has 0 N–H and O–H groups in total. The fourth-order valence-electron chi connectivity index (χ4n) is 3.78. The summed E-state index contributed by atoms with van der Waals surface area (Å²) in [4.78, 5) is 28.3. The standard InChI is InChI=1S/C22H23N3O3/c1-15-7-5-6-14-24(15)22(27)20-18-8-3-4-9-19(18)21(26)25(23-20)16-10-12-17(28-2)13-11-16/h3-4,8-13,15H,5-7,14H2,1-2H3. The van der Waals surface area contributed by atoms with Crippen molar-refractivity contribution in [3.63, 3.8) is 0 Å². The van der Waals surface area contributed by atoms with Crippen molar-refractivity contribution in [1.82, 2.24) is 14.7 Å². The van der Waals surface area contributed by atoms with Gasteiger partial charge in [0.2, 0.25) is 0 Å². The number of aromatic nitrogens is 2. The molecule has 0 bridgehead atoms. The number of carbonyl (C=O) groups excluding carboxylic acids is 1. The van der Waals surface area contributed by atoms with E-state index < -0.39 is 0 Å². The van der Waals surface area contributed by atoms with Crippen molar-refractivity contribution >= 4 is 16.7 Å². The molecule has 2 heterocycles. The van der Waals surface area contributed by atoms with Crippen molar-refractivity contribution in [3.8, 4) is 11.4 Å². The lowest BCUT2D eigenvalue weighted by molar-refractivity contribution is 0.0630. The SMILES string of the molecule is COc1ccc(-n2nc(C(=O)N3CCCCC3C)c3ccccc3c2=O)cc1. The lowest BCUT2D eigenvalue weighted by Gasteiger charge is -2.33. The maximum Gasteiger partial charge on any atom is 0.279 e. The minimum Gasteiger partial charge on any atom is -0.497 e. The number of likely N-dealkylation sites (tertiary alicyclic amines) is 1. The van der Waals surface area contributed by atoms with Gasteiger partial charge in [-0.1, -0.05) is 18.2 Å². The van der Waals surface area contributed by atoms with E-state index >= 15 is 0 Å². The highest BCUT2D eigenvalue weighted by Crippen LogP contribution is 2.22. The summed E-state index contributed by atoms with van der Waals surface area (Å²) < 4.78 is 6.50. The first-order chi connectivity index (χ1) is 13.6. The summed E-state index contributed by atoms with van der Waals surface area (Å²) in [6, 6.07) is 14.4. The van der Waals surface area contributed by atoms with Crippen molar-refractivity contribution in [2.75, 3.05) is 13.7 Å². The number of carbonyl (C=O) groups is 1. The van der Waals surface area contributed by atoms with E-state index in [4.69, 9.17) is 4.74 Å². The van der Waals surface area contributed by atoms with Crippen molar-refractivity contribution in [3.05, 3.63) is 64.6 Å². The van der Waals surface area contributed by atoms with Crippen molar-refractivity contribution in [2.45, 2.75) is 32.2 Å². The molecule has 1 unspecified atom stereocenters. The van der Waals surface area contributed by atoms with Gasteiger partial charge in [0.1, 0.15) is 5.75 Å². The number of methoxy groups -OCH3 is 1. The van der Waals surface area contributed by atoms with E-state index in [1.54, 1.807) is 49.6 Å². The van der Waals surface area contributed by atoms with Crippen LogP contribution in [0.15, 0.2) is 53.3 Å². The second-order valence-corrected chi connectivity index (χ2v) is 7.15. The Kier molecular flexibility index (Phi) is 4.86. The van der Waals surface area contributed by atoms with Gasteiger partial charge < -0.3 is 9.64 Å². The van der Waals surface area contributed by atoms with Crippen LogP contribution in [0.4, 0.5) is 0 Å². The van der Waals surface area contributed by atoms with Crippen molar-refractivity contribution in [1.29, 1.82) is 0 Å². The quantitative estimate of drug-likeness (QED) is 0.702. The Morgan fingerprint density at radius 3 is 2.46 bits per heavy atom. The zero-order chi connectivity index (χ0) is 19.7. The van der Waals surface area contributed by atoms with E-state index in [-0.39, 0.29) is 17.5 Å². The third kappa shape index (κ3) is 3.15. The molecule has 1 fully saturated rings. The molecule has 1 saturated heterocycles. The van der Waals surface area contributed by atoms with E-state index in [2.05, 4.69) is 12.0 Å². The van der Waals surface area contributed by atoms with Gasteiger partial charge in [-0.05, 0) is 56.5 Å². The van der Waals surface area contributed by atoms with Crippen LogP contribution in [0.3, 0.4) is 0 Å². The summed E-state index contributed by atoms with van der Waals surface area (Å²) in [5.74, 6) is 0.571. The Morgan fingerprint density at radius 2 is 1.79 bits per heavy atom. The van der Waals surface area contributed by atoms with Gasteiger partial charge in [0.15, 0.2) is 5.69 Å². The van der Waals surface area contributed by atoms with Crippen LogP contribution in [0.5, 0.6) is 5.75 Å². The van der Waals surface area contributed by atoms with Crippen LogP contribution < -0.4 is 10.3 Å². The average molecular weight is 377 g/mol. The highest BCUT2D eigenvalue weighted by atomic mass is 16.5. The second-order valence-electron chi connectivity index (χ2n) is 7.15. The molecule has 1 aliphatic rings. The van der Waals surface area contributed by atoms with E-state index in [1.165, 1.54) is 4.68 Å². The largest absolute Gasteiger partial charge is 0.497 e. The summed E-state index contributed by atoms with van der Waals surface area (Å²) in [6.07, 6.45) is 3.11. The molecule has 6 nitrogen and oxygen atoms in total. The molecule has 3 aromatic rings. The number of benzene rings is 2.